The van der Waals surface area contributed by atoms with Gasteiger partial charge < -0.3 is 5.32 Å². The SMILES string of the molecule is CNc1cc(C(=O)Nc2nc(C)ns2)cc(C)n1. The maximum Gasteiger partial charge on any atom is 0.257 e. The molecule has 0 aliphatic carbocycles. The van der Waals surface area contributed by atoms with Gasteiger partial charge in [0, 0.05) is 29.8 Å². The van der Waals surface area contributed by atoms with Crippen LogP contribution in [0.5, 0.6) is 0 Å². The lowest BCUT2D eigenvalue weighted by Gasteiger charge is -2.05. The molecule has 2 rings (SSSR count). The fourth-order valence-corrected chi connectivity index (χ4v) is 2.02. The summed E-state index contributed by atoms with van der Waals surface area (Å²) in [7, 11) is 1.76. The molecule has 2 aromatic rings. The molecule has 2 aromatic heterocycles. The Hall–Kier alpha value is -2.02. The molecule has 0 radical (unpaired) electrons. The van der Waals surface area contributed by atoms with Crippen LogP contribution in [0.1, 0.15) is 21.9 Å². The van der Waals surface area contributed by atoms with E-state index in [9.17, 15) is 4.79 Å². The Labute approximate surface area is 109 Å². The van der Waals surface area contributed by atoms with Crippen molar-refractivity contribution in [2.24, 2.45) is 0 Å². The van der Waals surface area contributed by atoms with Crippen molar-refractivity contribution in [3.05, 3.63) is 29.2 Å². The van der Waals surface area contributed by atoms with Crippen LogP contribution in [0.25, 0.3) is 0 Å². The molecule has 0 fully saturated rings. The third-order valence-electron chi connectivity index (χ3n) is 2.22. The van der Waals surface area contributed by atoms with Crippen molar-refractivity contribution in [1.82, 2.24) is 14.3 Å². The Morgan fingerprint density at radius 2 is 2.06 bits per heavy atom. The van der Waals surface area contributed by atoms with Gasteiger partial charge in [0.15, 0.2) is 0 Å². The predicted octanol–water partition coefficient (Wildman–Crippen LogP) is 1.84. The third-order valence-corrected chi connectivity index (χ3v) is 2.94. The van der Waals surface area contributed by atoms with Gasteiger partial charge in [-0.05, 0) is 26.0 Å². The maximum absolute atomic E-state index is 12.0. The zero-order valence-corrected chi connectivity index (χ0v) is 11.1. The highest BCUT2D eigenvalue weighted by molar-refractivity contribution is 7.09. The summed E-state index contributed by atoms with van der Waals surface area (Å²) in [6.07, 6.45) is 0. The lowest BCUT2D eigenvalue weighted by Crippen LogP contribution is -2.13. The van der Waals surface area contributed by atoms with Crippen LogP contribution in [0.2, 0.25) is 0 Å². The minimum absolute atomic E-state index is 0.215. The summed E-state index contributed by atoms with van der Waals surface area (Å²) >= 11 is 1.16. The summed E-state index contributed by atoms with van der Waals surface area (Å²) < 4.78 is 4.01. The third kappa shape index (κ3) is 2.80. The van der Waals surface area contributed by atoms with Gasteiger partial charge in [-0.2, -0.15) is 4.37 Å². The van der Waals surface area contributed by atoms with E-state index in [-0.39, 0.29) is 5.91 Å². The van der Waals surface area contributed by atoms with Crippen molar-refractivity contribution in [3.63, 3.8) is 0 Å². The van der Waals surface area contributed by atoms with Crippen molar-refractivity contribution < 1.29 is 4.79 Å². The van der Waals surface area contributed by atoms with Crippen LogP contribution in [-0.4, -0.2) is 27.3 Å². The van der Waals surface area contributed by atoms with Gasteiger partial charge in [-0.15, -0.1) is 0 Å². The molecule has 0 bridgehead atoms. The number of rotatable bonds is 3. The molecule has 0 spiro atoms. The van der Waals surface area contributed by atoms with E-state index < -0.39 is 0 Å². The highest BCUT2D eigenvalue weighted by Crippen LogP contribution is 2.14. The van der Waals surface area contributed by atoms with E-state index in [1.165, 1.54) is 0 Å². The molecule has 0 atom stereocenters. The van der Waals surface area contributed by atoms with Crippen LogP contribution in [-0.2, 0) is 0 Å². The standard InChI is InChI=1S/C11H13N5OS/c1-6-4-8(5-9(12-3)13-6)10(17)15-11-14-7(2)16-18-11/h4-5H,1-3H3,(H,12,13)(H,14,15,16,17). The van der Waals surface area contributed by atoms with E-state index in [0.717, 1.165) is 17.2 Å². The maximum atomic E-state index is 12.0. The number of hydrogen-bond acceptors (Lipinski definition) is 6. The number of carbonyl (C=O) groups excluding carboxylic acids is 1. The number of anilines is 2. The first-order chi connectivity index (χ1) is 8.58. The van der Waals surface area contributed by atoms with Gasteiger partial charge in [0.2, 0.25) is 5.13 Å². The molecule has 0 aromatic carbocycles. The van der Waals surface area contributed by atoms with Gasteiger partial charge in [-0.25, -0.2) is 9.97 Å². The highest BCUT2D eigenvalue weighted by Gasteiger charge is 2.10. The minimum Gasteiger partial charge on any atom is -0.373 e. The quantitative estimate of drug-likeness (QED) is 0.883. The summed E-state index contributed by atoms with van der Waals surface area (Å²) in [5, 5.41) is 6.12. The molecule has 0 saturated carbocycles. The first-order valence-electron chi connectivity index (χ1n) is 5.36. The summed E-state index contributed by atoms with van der Waals surface area (Å²) in [4.78, 5) is 20.3. The molecule has 18 heavy (non-hydrogen) atoms. The zero-order chi connectivity index (χ0) is 13.1. The second-order valence-corrected chi connectivity index (χ2v) is 4.49. The first-order valence-corrected chi connectivity index (χ1v) is 6.14. The molecule has 2 N–H and O–H groups in total. The molecule has 6 nitrogen and oxygen atoms in total. The minimum atomic E-state index is -0.215. The molecule has 94 valence electrons. The van der Waals surface area contributed by atoms with Gasteiger partial charge in [0.05, 0.1) is 0 Å². The molecule has 0 aliphatic rings. The van der Waals surface area contributed by atoms with Crippen LogP contribution in [0.15, 0.2) is 12.1 Å². The van der Waals surface area contributed by atoms with Gasteiger partial charge >= 0.3 is 0 Å². The Balaban J connectivity index is 2.20. The average Bonchev–Trinajstić information content (AvgIpc) is 2.73. The lowest BCUT2D eigenvalue weighted by atomic mass is 10.2. The number of amides is 1. The van der Waals surface area contributed by atoms with E-state index in [0.29, 0.717) is 22.3 Å². The molecule has 0 unspecified atom stereocenters. The van der Waals surface area contributed by atoms with Crippen molar-refractivity contribution in [2.45, 2.75) is 13.8 Å². The number of carbonyl (C=O) groups is 1. The van der Waals surface area contributed by atoms with Crippen molar-refractivity contribution in [2.75, 3.05) is 17.7 Å². The van der Waals surface area contributed by atoms with Crippen molar-refractivity contribution in [3.8, 4) is 0 Å². The molecular formula is C11H13N5OS. The van der Waals surface area contributed by atoms with Crippen LogP contribution in [0, 0.1) is 13.8 Å². The van der Waals surface area contributed by atoms with Crippen molar-refractivity contribution >= 4 is 28.4 Å². The molecule has 7 heteroatoms. The molecule has 1 amide bonds. The number of nitrogens with one attached hydrogen (secondary N) is 2. The van der Waals surface area contributed by atoms with Gasteiger partial charge in [-0.3, -0.25) is 10.1 Å². The number of hydrogen-bond donors (Lipinski definition) is 2. The average molecular weight is 263 g/mol. The van der Waals surface area contributed by atoms with Crippen LogP contribution >= 0.6 is 11.5 Å². The monoisotopic (exact) mass is 263 g/mol. The van der Waals surface area contributed by atoms with Gasteiger partial charge in [-0.1, -0.05) is 0 Å². The topological polar surface area (TPSA) is 79.8 Å². The van der Waals surface area contributed by atoms with E-state index >= 15 is 0 Å². The number of pyridine rings is 1. The van der Waals surface area contributed by atoms with Crippen LogP contribution in [0.4, 0.5) is 10.9 Å². The molecule has 2 heterocycles. The Morgan fingerprint density at radius 3 is 2.67 bits per heavy atom. The second kappa shape index (κ2) is 5.09. The number of aromatic nitrogens is 3. The zero-order valence-electron chi connectivity index (χ0n) is 10.3. The first kappa shape index (κ1) is 12.4. The van der Waals surface area contributed by atoms with E-state index in [1.807, 2.05) is 6.92 Å². The largest absolute Gasteiger partial charge is 0.373 e. The fraction of sp³-hybridized carbons (Fsp3) is 0.273. The number of nitrogens with zero attached hydrogens (tertiary/aromatic N) is 3. The molecular weight excluding hydrogens is 250 g/mol. The van der Waals surface area contributed by atoms with E-state index in [4.69, 9.17) is 0 Å². The van der Waals surface area contributed by atoms with Gasteiger partial charge in [0.1, 0.15) is 11.6 Å². The van der Waals surface area contributed by atoms with E-state index in [2.05, 4.69) is 25.0 Å². The van der Waals surface area contributed by atoms with Crippen molar-refractivity contribution in [1.29, 1.82) is 0 Å². The van der Waals surface area contributed by atoms with E-state index in [1.54, 1.807) is 26.1 Å². The fourth-order valence-electron chi connectivity index (χ4n) is 1.44. The second-order valence-electron chi connectivity index (χ2n) is 3.73. The highest BCUT2D eigenvalue weighted by atomic mass is 32.1. The van der Waals surface area contributed by atoms with Crippen LogP contribution < -0.4 is 10.6 Å². The smallest absolute Gasteiger partial charge is 0.257 e. The molecule has 0 aliphatic heterocycles. The Bertz CT molecular complexity index is 581. The summed E-state index contributed by atoms with van der Waals surface area (Å²) in [5.41, 5.74) is 1.32. The summed E-state index contributed by atoms with van der Waals surface area (Å²) in [6, 6.07) is 3.42. The number of aryl methyl sites for hydroxylation is 2. The normalized spacial score (nSPS) is 10.2. The lowest BCUT2D eigenvalue weighted by molar-refractivity contribution is 0.102. The van der Waals surface area contributed by atoms with Gasteiger partial charge in [0.25, 0.3) is 5.91 Å². The molecule has 0 saturated heterocycles. The van der Waals surface area contributed by atoms with Crippen LogP contribution in [0.3, 0.4) is 0 Å². The summed E-state index contributed by atoms with van der Waals surface area (Å²) in [6.45, 7) is 3.62. The predicted molar refractivity (Wildman–Crippen MR) is 71.1 cm³/mol. The summed E-state index contributed by atoms with van der Waals surface area (Å²) in [5.74, 6) is 1.10. The Kier molecular flexibility index (Phi) is 3.52. The Morgan fingerprint density at radius 1 is 1.28 bits per heavy atom.